The number of aromatic nitrogens is 2. The third-order valence-electron chi connectivity index (χ3n) is 2.07. The second-order valence-electron chi connectivity index (χ2n) is 4.58. The highest BCUT2D eigenvalue weighted by Crippen LogP contribution is 2.34. The Bertz CT molecular complexity index is 373. The predicted octanol–water partition coefficient (Wildman–Crippen LogP) is 2.26. The van der Waals surface area contributed by atoms with Gasteiger partial charge in [-0.05, 0) is 12.3 Å². The van der Waals surface area contributed by atoms with Gasteiger partial charge >= 0.3 is 0 Å². The summed E-state index contributed by atoms with van der Waals surface area (Å²) >= 11 is 0. The van der Waals surface area contributed by atoms with Gasteiger partial charge in [-0.2, -0.15) is 10.2 Å². The average Bonchev–Trinajstić information content (AvgIpc) is 2.61. The van der Waals surface area contributed by atoms with Crippen molar-refractivity contribution >= 4 is 0 Å². The molecule has 88 valence electrons. The second kappa shape index (κ2) is 5.08. The van der Waals surface area contributed by atoms with Crippen LogP contribution in [0, 0.1) is 16.7 Å². The Morgan fingerprint density at radius 3 is 2.69 bits per heavy atom. The maximum absolute atomic E-state index is 8.52. The Balaban J connectivity index is 2.89. The van der Waals surface area contributed by atoms with Crippen molar-refractivity contribution in [3.8, 4) is 6.07 Å². The number of nitrogens with zero attached hydrogens (tertiary/aromatic N) is 3. The van der Waals surface area contributed by atoms with Crippen molar-refractivity contribution < 1.29 is 9.26 Å². The molecule has 0 aliphatic heterocycles. The smallest absolute Gasteiger partial charge is 0.240 e. The molecule has 5 heteroatoms. The van der Waals surface area contributed by atoms with Crippen LogP contribution >= 0.6 is 0 Å². The Kier molecular flexibility index (Phi) is 4.02. The third-order valence-corrected chi connectivity index (χ3v) is 2.07. The van der Waals surface area contributed by atoms with Crippen LogP contribution in [0.1, 0.15) is 45.5 Å². The summed E-state index contributed by atoms with van der Waals surface area (Å²) in [6.07, 6.45) is -0.0793. The molecule has 1 heterocycles. The summed E-state index contributed by atoms with van der Waals surface area (Å²) < 4.78 is 10.6. The van der Waals surface area contributed by atoms with E-state index in [1.54, 1.807) is 0 Å². The first-order valence-electron chi connectivity index (χ1n) is 5.30. The van der Waals surface area contributed by atoms with Gasteiger partial charge in [0.1, 0.15) is 12.5 Å². The number of hydrogen-bond donors (Lipinski definition) is 0. The van der Waals surface area contributed by atoms with E-state index in [9.17, 15) is 0 Å². The summed E-state index contributed by atoms with van der Waals surface area (Å²) in [7, 11) is 0. The summed E-state index contributed by atoms with van der Waals surface area (Å²) in [5.41, 5.74) is -0.107. The highest BCUT2D eigenvalue weighted by Gasteiger charge is 2.31. The van der Waals surface area contributed by atoms with Gasteiger partial charge in [-0.3, -0.25) is 0 Å². The fraction of sp³-hybridized carbons (Fsp3) is 0.727. The van der Waals surface area contributed by atoms with Crippen molar-refractivity contribution in [3.05, 3.63) is 11.7 Å². The quantitative estimate of drug-likeness (QED) is 0.782. The van der Waals surface area contributed by atoms with Crippen LogP contribution in [-0.2, 0) is 11.2 Å². The Morgan fingerprint density at radius 1 is 1.50 bits per heavy atom. The van der Waals surface area contributed by atoms with Crippen LogP contribution < -0.4 is 0 Å². The SMILES string of the molecule is CCOC(c1noc(CC#N)n1)C(C)(C)C. The van der Waals surface area contributed by atoms with Gasteiger partial charge in [0.05, 0.1) is 6.07 Å². The molecule has 0 aliphatic rings. The lowest BCUT2D eigenvalue weighted by Gasteiger charge is -2.27. The van der Waals surface area contributed by atoms with Gasteiger partial charge in [-0.1, -0.05) is 25.9 Å². The molecule has 0 spiro atoms. The first-order chi connectivity index (χ1) is 7.49. The summed E-state index contributed by atoms with van der Waals surface area (Å²) in [6, 6.07) is 1.97. The van der Waals surface area contributed by atoms with Crippen molar-refractivity contribution in [3.63, 3.8) is 0 Å². The number of hydrogen-bond acceptors (Lipinski definition) is 5. The number of nitriles is 1. The molecular weight excluding hydrogens is 206 g/mol. The van der Waals surface area contributed by atoms with Crippen LogP contribution in [0.5, 0.6) is 0 Å². The monoisotopic (exact) mass is 223 g/mol. The first kappa shape index (κ1) is 12.7. The van der Waals surface area contributed by atoms with Crippen LogP contribution in [-0.4, -0.2) is 16.7 Å². The Labute approximate surface area is 95.4 Å². The molecule has 0 saturated carbocycles. The minimum Gasteiger partial charge on any atom is -0.370 e. The van der Waals surface area contributed by atoms with Crippen LogP contribution in [0.4, 0.5) is 0 Å². The zero-order valence-corrected chi connectivity index (χ0v) is 10.1. The first-order valence-corrected chi connectivity index (χ1v) is 5.30. The van der Waals surface area contributed by atoms with Crippen LogP contribution in [0.15, 0.2) is 4.52 Å². The van der Waals surface area contributed by atoms with Gasteiger partial charge < -0.3 is 9.26 Å². The molecule has 0 aliphatic carbocycles. The molecule has 1 unspecified atom stereocenters. The van der Waals surface area contributed by atoms with E-state index in [1.807, 2.05) is 33.8 Å². The highest BCUT2D eigenvalue weighted by atomic mass is 16.5. The van der Waals surface area contributed by atoms with Gasteiger partial charge in [0.25, 0.3) is 0 Å². The molecule has 0 fully saturated rings. The van der Waals surface area contributed by atoms with E-state index < -0.39 is 0 Å². The van der Waals surface area contributed by atoms with Gasteiger partial charge in [0.15, 0.2) is 0 Å². The van der Waals surface area contributed by atoms with Crippen molar-refractivity contribution in [1.82, 2.24) is 10.1 Å². The molecule has 0 aromatic carbocycles. The van der Waals surface area contributed by atoms with E-state index in [-0.39, 0.29) is 17.9 Å². The third kappa shape index (κ3) is 3.04. The summed E-state index contributed by atoms with van der Waals surface area (Å²) in [6.45, 7) is 8.66. The topological polar surface area (TPSA) is 71.9 Å². The standard InChI is InChI=1S/C11H17N3O2/c1-5-15-9(11(2,3)4)10-13-8(6-7-12)16-14-10/h9H,5-6H2,1-4H3. The van der Waals surface area contributed by atoms with E-state index in [1.165, 1.54) is 0 Å². The largest absolute Gasteiger partial charge is 0.370 e. The zero-order chi connectivity index (χ0) is 12.2. The van der Waals surface area contributed by atoms with Crippen molar-refractivity contribution in [1.29, 1.82) is 5.26 Å². The van der Waals surface area contributed by atoms with E-state index >= 15 is 0 Å². The van der Waals surface area contributed by atoms with E-state index in [2.05, 4.69) is 10.1 Å². The van der Waals surface area contributed by atoms with E-state index in [0.29, 0.717) is 18.3 Å². The van der Waals surface area contributed by atoms with Crippen LogP contribution in [0.3, 0.4) is 0 Å². The van der Waals surface area contributed by atoms with Crippen molar-refractivity contribution in [2.75, 3.05) is 6.61 Å². The van der Waals surface area contributed by atoms with Gasteiger partial charge in [0, 0.05) is 6.61 Å². The second-order valence-corrected chi connectivity index (χ2v) is 4.58. The average molecular weight is 223 g/mol. The normalized spacial score (nSPS) is 13.4. The van der Waals surface area contributed by atoms with Gasteiger partial charge in [-0.15, -0.1) is 0 Å². The molecule has 1 aromatic heterocycles. The molecule has 1 atom stereocenters. The lowest BCUT2D eigenvalue weighted by atomic mass is 9.88. The fourth-order valence-electron chi connectivity index (χ4n) is 1.39. The Morgan fingerprint density at radius 2 is 2.19 bits per heavy atom. The maximum Gasteiger partial charge on any atom is 0.240 e. The van der Waals surface area contributed by atoms with E-state index in [4.69, 9.17) is 14.5 Å². The minimum atomic E-state index is -0.214. The molecule has 16 heavy (non-hydrogen) atoms. The van der Waals surface area contributed by atoms with E-state index in [0.717, 1.165) is 0 Å². The minimum absolute atomic E-state index is 0.107. The molecule has 0 amide bonds. The molecule has 0 N–H and O–H groups in total. The molecule has 0 bridgehead atoms. The molecule has 1 aromatic rings. The predicted molar refractivity (Wildman–Crippen MR) is 57.4 cm³/mol. The van der Waals surface area contributed by atoms with Crippen molar-refractivity contribution in [2.45, 2.75) is 40.2 Å². The lowest BCUT2D eigenvalue weighted by Crippen LogP contribution is -2.22. The summed E-state index contributed by atoms with van der Waals surface area (Å²) in [5.74, 6) is 0.853. The maximum atomic E-state index is 8.52. The van der Waals surface area contributed by atoms with Gasteiger partial charge in [-0.25, -0.2) is 0 Å². The number of ether oxygens (including phenoxy) is 1. The molecule has 0 radical (unpaired) electrons. The molecule has 5 nitrogen and oxygen atoms in total. The summed E-state index contributed by atoms with van der Waals surface area (Å²) in [4.78, 5) is 4.16. The van der Waals surface area contributed by atoms with Crippen LogP contribution in [0.25, 0.3) is 0 Å². The van der Waals surface area contributed by atoms with Crippen molar-refractivity contribution in [2.24, 2.45) is 5.41 Å². The highest BCUT2D eigenvalue weighted by molar-refractivity contribution is 4.99. The number of rotatable bonds is 4. The zero-order valence-electron chi connectivity index (χ0n) is 10.1. The molecule has 0 saturated heterocycles. The fourth-order valence-corrected chi connectivity index (χ4v) is 1.39. The lowest BCUT2D eigenvalue weighted by molar-refractivity contribution is -0.0203. The Hall–Kier alpha value is -1.41. The summed E-state index contributed by atoms with van der Waals surface area (Å²) in [5, 5.41) is 12.4. The molecule has 1 rings (SSSR count). The molecular formula is C11H17N3O2. The van der Waals surface area contributed by atoms with Crippen LogP contribution in [0.2, 0.25) is 0 Å². The van der Waals surface area contributed by atoms with Gasteiger partial charge in [0.2, 0.25) is 11.7 Å².